The molecule has 0 aromatic heterocycles. The number of aliphatic imine (C=N–C) groups is 1. The molecule has 0 fully saturated rings. The van der Waals surface area contributed by atoms with Gasteiger partial charge >= 0.3 is 11.9 Å². The minimum Gasteiger partial charge on any atom is -0.490 e. The topological polar surface area (TPSA) is 74.2 Å². The van der Waals surface area contributed by atoms with Crippen LogP contribution in [0.5, 0.6) is 11.5 Å². The van der Waals surface area contributed by atoms with Crippen LogP contribution in [0, 0.1) is 5.82 Å². The lowest BCUT2D eigenvalue weighted by molar-refractivity contribution is -0.134. The molecule has 6 nitrogen and oxygen atoms in total. The number of benzene rings is 2. The summed E-state index contributed by atoms with van der Waals surface area (Å²) >= 11 is 6.30. The van der Waals surface area contributed by atoms with Crippen molar-refractivity contribution >= 4 is 35.5 Å². The molecule has 2 aromatic carbocycles. The Labute approximate surface area is 177 Å². The van der Waals surface area contributed by atoms with Crippen molar-refractivity contribution in [3.05, 3.63) is 64.1 Å². The van der Waals surface area contributed by atoms with Crippen LogP contribution in [0.2, 0.25) is 5.02 Å². The monoisotopic (exact) mass is 431 g/mol. The van der Waals surface area contributed by atoms with E-state index in [0.29, 0.717) is 24.2 Å². The Balaban J connectivity index is 1.94. The highest BCUT2D eigenvalue weighted by molar-refractivity contribution is 6.32. The van der Waals surface area contributed by atoms with E-state index in [1.54, 1.807) is 19.1 Å². The first-order valence-electron chi connectivity index (χ1n) is 9.36. The van der Waals surface area contributed by atoms with E-state index in [4.69, 9.17) is 25.8 Å². The Morgan fingerprint density at radius 2 is 2.07 bits per heavy atom. The number of cyclic esters (lactones) is 1. The second-order valence-electron chi connectivity index (χ2n) is 6.33. The number of hydrogen-bond donors (Lipinski definition) is 0. The largest absolute Gasteiger partial charge is 0.490 e. The summed E-state index contributed by atoms with van der Waals surface area (Å²) in [4.78, 5) is 28.2. The van der Waals surface area contributed by atoms with Crippen molar-refractivity contribution in [1.82, 2.24) is 0 Å². The van der Waals surface area contributed by atoms with Gasteiger partial charge in [0.1, 0.15) is 5.82 Å². The van der Waals surface area contributed by atoms with Gasteiger partial charge in [0.25, 0.3) is 0 Å². The highest BCUT2D eigenvalue weighted by Crippen LogP contribution is 2.38. The molecule has 8 heteroatoms. The molecule has 0 aliphatic carbocycles. The summed E-state index contributed by atoms with van der Waals surface area (Å²) in [5.74, 6) is -1.17. The van der Waals surface area contributed by atoms with Crippen molar-refractivity contribution in [1.29, 1.82) is 0 Å². The molecule has 0 bridgehead atoms. The van der Waals surface area contributed by atoms with Crippen LogP contribution in [-0.2, 0) is 14.3 Å². The zero-order valence-corrected chi connectivity index (χ0v) is 17.2. The standard InChI is InChI=1S/C22H19ClFNO5/c1-3-6-19(26)29-20-16(23)9-13(11-18(20)28-4-2)10-17-22(27)30-21(25-17)14-7-5-8-15(24)12-14/h5,7-12H,3-4,6H2,1-2H3/b17-10-. The molecule has 0 saturated carbocycles. The van der Waals surface area contributed by atoms with Gasteiger partial charge in [-0.1, -0.05) is 24.6 Å². The zero-order chi connectivity index (χ0) is 21.7. The summed E-state index contributed by atoms with van der Waals surface area (Å²) < 4.78 is 29.4. The first-order valence-corrected chi connectivity index (χ1v) is 9.74. The van der Waals surface area contributed by atoms with Crippen LogP contribution in [-0.4, -0.2) is 24.4 Å². The van der Waals surface area contributed by atoms with Crippen molar-refractivity contribution in [2.45, 2.75) is 26.7 Å². The molecular formula is C22H19ClFNO5. The number of halogens is 2. The Kier molecular flexibility index (Phi) is 6.84. The zero-order valence-electron chi connectivity index (χ0n) is 16.4. The summed E-state index contributed by atoms with van der Waals surface area (Å²) in [7, 11) is 0. The fourth-order valence-electron chi connectivity index (χ4n) is 2.71. The molecule has 2 aromatic rings. The van der Waals surface area contributed by atoms with E-state index in [1.807, 2.05) is 6.92 Å². The average Bonchev–Trinajstić information content (AvgIpc) is 3.05. The summed E-state index contributed by atoms with van der Waals surface area (Å²) in [6, 6.07) is 8.69. The molecule has 1 aliphatic heterocycles. The minimum atomic E-state index is -0.679. The molecule has 1 heterocycles. The molecule has 0 amide bonds. The molecule has 0 atom stereocenters. The fourth-order valence-corrected chi connectivity index (χ4v) is 2.97. The number of nitrogens with zero attached hydrogens (tertiary/aromatic N) is 1. The Bertz CT molecular complexity index is 1050. The van der Waals surface area contributed by atoms with Gasteiger partial charge in [0.2, 0.25) is 5.90 Å². The highest BCUT2D eigenvalue weighted by Gasteiger charge is 2.25. The van der Waals surface area contributed by atoms with Gasteiger partial charge in [0.05, 0.1) is 11.6 Å². The molecule has 0 saturated heterocycles. The van der Waals surface area contributed by atoms with Crippen molar-refractivity contribution < 1.29 is 28.2 Å². The van der Waals surface area contributed by atoms with E-state index in [-0.39, 0.29) is 34.5 Å². The van der Waals surface area contributed by atoms with Crippen LogP contribution >= 0.6 is 11.6 Å². The maximum atomic E-state index is 13.4. The van der Waals surface area contributed by atoms with E-state index in [0.717, 1.165) is 0 Å². The molecule has 0 unspecified atom stereocenters. The van der Waals surface area contributed by atoms with Crippen LogP contribution in [0.4, 0.5) is 4.39 Å². The number of ether oxygens (including phenoxy) is 3. The van der Waals surface area contributed by atoms with Gasteiger partial charge in [-0.3, -0.25) is 4.79 Å². The van der Waals surface area contributed by atoms with Gasteiger partial charge < -0.3 is 14.2 Å². The number of hydrogen-bond acceptors (Lipinski definition) is 6. The lowest BCUT2D eigenvalue weighted by Crippen LogP contribution is -2.09. The van der Waals surface area contributed by atoms with Crippen molar-refractivity contribution in [3.8, 4) is 11.5 Å². The molecule has 3 rings (SSSR count). The predicted octanol–water partition coefficient (Wildman–Crippen LogP) is 4.93. The van der Waals surface area contributed by atoms with Gasteiger partial charge in [-0.2, -0.15) is 0 Å². The molecule has 0 spiro atoms. The van der Waals surface area contributed by atoms with E-state index >= 15 is 0 Å². The van der Waals surface area contributed by atoms with Gasteiger partial charge in [-0.05, 0) is 55.3 Å². The van der Waals surface area contributed by atoms with Gasteiger partial charge in [0, 0.05) is 12.0 Å². The minimum absolute atomic E-state index is 0.00648. The average molecular weight is 432 g/mol. The predicted molar refractivity (Wildman–Crippen MR) is 110 cm³/mol. The number of carbonyl (C=O) groups is 2. The Hall–Kier alpha value is -3.19. The van der Waals surface area contributed by atoms with Crippen LogP contribution in [0.25, 0.3) is 6.08 Å². The number of carbonyl (C=O) groups excluding carboxylic acids is 2. The molecule has 0 N–H and O–H groups in total. The second kappa shape index (κ2) is 9.54. The summed E-state index contributed by atoms with van der Waals surface area (Å²) in [5, 5.41) is 0.151. The van der Waals surface area contributed by atoms with Gasteiger partial charge in [0.15, 0.2) is 17.2 Å². The van der Waals surface area contributed by atoms with E-state index < -0.39 is 17.8 Å². The molecule has 0 radical (unpaired) electrons. The normalized spacial score (nSPS) is 14.5. The van der Waals surface area contributed by atoms with Crippen molar-refractivity contribution in [3.63, 3.8) is 0 Å². The lowest BCUT2D eigenvalue weighted by atomic mass is 10.1. The van der Waals surface area contributed by atoms with E-state index in [1.165, 1.54) is 30.3 Å². The third kappa shape index (κ3) is 5.04. The van der Waals surface area contributed by atoms with E-state index in [2.05, 4.69) is 4.99 Å². The summed E-state index contributed by atoms with van der Waals surface area (Å²) in [6.45, 7) is 3.96. The summed E-state index contributed by atoms with van der Waals surface area (Å²) in [5.41, 5.74) is 0.858. The summed E-state index contributed by atoms with van der Waals surface area (Å²) in [6.07, 6.45) is 2.34. The Morgan fingerprint density at radius 1 is 1.27 bits per heavy atom. The van der Waals surface area contributed by atoms with Gasteiger partial charge in [-0.25, -0.2) is 14.2 Å². The van der Waals surface area contributed by atoms with Crippen molar-refractivity contribution in [2.75, 3.05) is 6.61 Å². The molecular weight excluding hydrogens is 413 g/mol. The highest BCUT2D eigenvalue weighted by atomic mass is 35.5. The maximum Gasteiger partial charge on any atom is 0.363 e. The third-order valence-corrected chi connectivity index (χ3v) is 4.28. The SMILES string of the molecule is CCCC(=O)Oc1c(Cl)cc(/C=C2\N=C(c3cccc(F)c3)OC2=O)cc1OCC. The van der Waals surface area contributed by atoms with Crippen LogP contribution in [0.15, 0.2) is 47.1 Å². The van der Waals surface area contributed by atoms with Crippen LogP contribution < -0.4 is 9.47 Å². The number of rotatable bonds is 7. The second-order valence-corrected chi connectivity index (χ2v) is 6.74. The van der Waals surface area contributed by atoms with Crippen molar-refractivity contribution in [2.24, 2.45) is 4.99 Å². The first-order chi connectivity index (χ1) is 14.4. The van der Waals surface area contributed by atoms with E-state index in [9.17, 15) is 14.0 Å². The first kappa shape index (κ1) is 21.5. The molecule has 30 heavy (non-hydrogen) atoms. The number of esters is 2. The van der Waals surface area contributed by atoms with Gasteiger partial charge in [-0.15, -0.1) is 0 Å². The van der Waals surface area contributed by atoms with Crippen LogP contribution in [0.1, 0.15) is 37.8 Å². The molecule has 156 valence electrons. The smallest absolute Gasteiger partial charge is 0.363 e. The quantitative estimate of drug-likeness (QED) is 0.353. The Morgan fingerprint density at radius 3 is 2.77 bits per heavy atom. The maximum absolute atomic E-state index is 13.4. The van der Waals surface area contributed by atoms with Crippen LogP contribution in [0.3, 0.4) is 0 Å². The fraction of sp³-hybridized carbons (Fsp3) is 0.227. The lowest BCUT2D eigenvalue weighted by Gasteiger charge is -2.13. The molecule has 1 aliphatic rings. The third-order valence-electron chi connectivity index (χ3n) is 4.00.